The van der Waals surface area contributed by atoms with E-state index in [1.807, 2.05) is 6.92 Å². The maximum absolute atomic E-state index is 12.9. The van der Waals surface area contributed by atoms with Crippen LogP contribution in [0, 0.1) is 0 Å². The van der Waals surface area contributed by atoms with Crippen LogP contribution in [0.25, 0.3) is 17.1 Å². The molecule has 0 bridgehead atoms. The van der Waals surface area contributed by atoms with E-state index >= 15 is 0 Å². The van der Waals surface area contributed by atoms with Crippen LogP contribution in [0.2, 0.25) is 10.0 Å². The number of halogens is 2. The number of rotatable bonds is 7. The molecule has 13 heteroatoms. The van der Waals surface area contributed by atoms with Gasteiger partial charge in [-0.1, -0.05) is 34.5 Å². The topological polar surface area (TPSA) is 146 Å². The summed E-state index contributed by atoms with van der Waals surface area (Å²) in [6.45, 7) is 2.40. The van der Waals surface area contributed by atoms with Crippen molar-refractivity contribution < 1.29 is 14.2 Å². The standard InChI is InChI=1S/C20H16Cl2N8O3/c1-2-32-13-6-4-12(5-7-13)17-16(25-29-30(17)19-18(23)27-33-28-19)20(31)26-24-10-11-3-8-14(21)15(22)9-11/h3-10H,2H2,1H3,(H2,23,27)(H,26,31)/b24-10+. The Hall–Kier alpha value is -3.96. The molecule has 11 nitrogen and oxygen atoms in total. The number of ether oxygens (including phenoxy) is 1. The molecule has 0 unspecified atom stereocenters. The number of nitrogen functional groups attached to an aromatic ring is 1. The van der Waals surface area contributed by atoms with Crippen LogP contribution in [0.3, 0.4) is 0 Å². The minimum atomic E-state index is -0.614. The molecule has 0 aliphatic rings. The number of carbonyl (C=O) groups excluding carboxylic acids is 1. The summed E-state index contributed by atoms with van der Waals surface area (Å²) in [5.74, 6) is 0.123. The molecule has 2 aromatic carbocycles. The van der Waals surface area contributed by atoms with E-state index in [1.165, 1.54) is 10.9 Å². The first kappa shape index (κ1) is 22.2. The number of hydrogen-bond acceptors (Lipinski definition) is 9. The minimum absolute atomic E-state index is 0.0170. The quantitative estimate of drug-likeness (QED) is 0.298. The van der Waals surface area contributed by atoms with E-state index in [2.05, 4.69) is 35.8 Å². The predicted molar refractivity (Wildman–Crippen MR) is 122 cm³/mol. The number of aromatic nitrogens is 5. The van der Waals surface area contributed by atoms with E-state index in [9.17, 15) is 4.79 Å². The summed E-state index contributed by atoms with van der Waals surface area (Å²) >= 11 is 11.9. The fourth-order valence-corrected chi connectivity index (χ4v) is 3.17. The minimum Gasteiger partial charge on any atom is -0.494 e. The first-order chi connectivity index (χ1) is 16.0. The van der Waals surface area contributed by atoms with Crippen LogP contribution >= 0.6 is 23.2 Å². The number of hydrogen-bond donors (Lipinski definition) is 2. The Morgan fingerprint density at radius 2 is 2.00 bits per heavy atom. The fourth-order valence-electron chi connectivity index (χ4n) is 2.87. The molecule has 33 heavy (non-hydrogen) atoms. The van der Waals surface area contributed by atoms with Gasteiger partial charge in [-0.25, -0.2) is 10.1 Å². The van der Waals surface area contributed by atoms with Crippen molar-refractivity contribution >= 4 is 41.1 Å². The molecule has 4 rings (SSSR count). The van der Waals surface area contributed by atoms with E-state index in [0.29, 0.717) is 39.2 Å². The smallest absolute Gasteiger partial charge is 0.294 e. The van der Waals surface area contributed by atoms with Gasteiger partial charge in [-0.05, 0) is 59.2 Å². The lowest BCUT2D eigenvalue weighted by Gasteiger charge is -2.07. The van der Waals surface area contributed by atoms with Crippen LogP contribution in [0.1, 0.15) is 23.0 Å². The van der Waals surface area contributed by atoms with Gasteiger partial charge in [0.25, 0.3) is 5.91 Å². The summed E-state index contributed by atoms with van der Waals surface area (Å²) in [7, 11) is 0. The zero-order valence-electron chi connectivity index (χ0n) is 17.1. The number of amides is 1. The number of hydrazone groups is 1. The molecule has 4 aromatic rings. The van der Waals surface area contributed by atoms with Crippen LogP contribution in [0.15, 0.2) is 52.2 Å². The summed E-state index contributed by atoms with van der Waals surface area (Å²) < 4.78 is 11.4. The third-order valence-electron chi connectivity index (χ3n) is 4.34. The Morgan fingerprint density at radius 3 is 2.67 bits per heavy atom. The molecule has 0 aliphatic carbocycles. The van der Waals surface area contributed by atoms with Crippen molar-refractivity contribution in [2.24, 2.45) is 5.10 Å². The SMILES string of the molecule is CCOc1ccc(-c2c(C(=O)N/N=C/c3ccc(Cl)c(Cl)c3)nnn2-c2nonc2N)cc1. The average Bonchev–Trinajstić information content (AvgIpc) is 3.43. The van der Waals surface area contributed by atoms with Gasteiger partial charge in [-0.2, -0.15) is 9.78 Å². The van der Waals surface area contributed by atoms with Crippen molar-refractivity contribution in [3.63, 3.8) is 0 Å². The van der Waals surface area contributed by atoms with Crippen molar-refractivity contribution in [3.05, 3.63) is 63.8 Å². The molecule has 0 fully saturated rings. The molecule has 0 aliphatic heterocycles. The maximum atomic E-state index is 12.9. The summed E-state index contributed by atoms with van der Waals surface area (Å²) in [6, 6.07) is 11.9. The van der Waals surface area contributed by atoms with Crippen LogP contribution in [0.4, 0.5) is 5.82 Å². The molecule has 2 heterocycles. The number of benzene rings is 2. The summed E-state index contributed by atoms with van der Waals surface area (Å²) in [4.78, 5) is 12.9. The Balaban J connectivity index is 1.66. The molecule has 0 spiro atoms. The second kappa shape index (κ2) is 9.67. The van der Waals surface area contributed by atoms with E-state index < -0.39 is 5.91 Å². The Bertz CT molecular complexity index is 1320. The lowest BCUT2D eigenvalue weighted by atomic mass is 10.1. The van der Waals surface area contributed by atoms with Gasteiger partial charge in [0.2, 0.25) is 11.6 Å². The maximum Gasteiger partial charge on any atom is 0.294 e. The van der Waals surface area contributed by atoms with Gasteiger partial charge in [0, 0.05) is 5.56 Å². The highest BCUT2D eigenvalue weighted by Gasteiger charge is 2.25. The Kier molecular flexibility index (Phi) is 6.52. The first-order valence-corrected chi connectivity index (χ1v) is 10.3. The van der Waals surface area contributed by atoms with Gasteiger partial charge in [0.1, 0.15) is 11.4 Å². The molecule has 3 N–H and O–H groups in total. The molecule has 0 atom stereocenters. The van der Waals surface area contributed by atoms with Gasteiger partial charge in [0.05, 0.1) is 22.9 Å². The van der Waals surface area contributed by atoms with E-state index in [-0.39, 0.29) is 17.3 Å². The zero-order valence-corrected chi connectivity index (χ0v) is 18.6. The van der Waals surface area contributed by atoms with E-state index in [1.54, 1.807) is 42.5 Å². The van der Waals surface area contributed by atoms with Crippen LogP contribution < -0.4 is 15.9 Å². The second-order valence-electron chi connectivity index (χ2n) is 6.50. The van der Waals surface area contributed by atoms with Crippen LogP contribution in [0.5, 0.6) is 5.75 Å². The fraction of sp³-hybridized carbons (Fsp3) is 0.100. The second-order valence-corrected chi connectivity index (χ2v) is 7.32. The third kappa shape index (κ3) is 4.78. The summed E-state index contributed by atoms with van der Waals surface area (Å²) in [5, 5.41) is 20.0. The van der Waals surface area contributed by atoms with Crippen LogP contribution in [-0.2, 0) is 0 Å². The Labute approximate surface area is 197 Å². The van der Waals surface area contributed by atoms with Gasteiger partial charge < -0.3 is 10.5 Å². The predicted octanol–water partition coefficient (Wildman–Crippen LogP) is 3.37. The van der Waals surface area contributed by atoms with Crippen LogP contribution in [-0.4, -0.2) is 44.0 Å². The third-order valence-corrected chi connectivity index (χ3v) is 5.08. The van der Waals surface area contributed by atoms with Gasteiger partial charge in [-0.3, -0.25) is 4.79 Å². The average molecular weight is 487 g/mol. The molecule has 0 saturated carbocycles. The molecule has 0 radical (unpaired) electrons. The number of carbonyl (C=O) groups is 1. The zero-order chi connectivity index (χ0) is 23.4. The van der Waals surface area contributed by atoms with Crippen molar-refractivity contribution in [1.82, 2.24) is 30.7 Å². The first-order valence-electron chi connectivity index (χ1n) is 9.53. The normalized spacial score (nSPS) is 11.1. The van der Waals surface area contributed by atoms with Crippen molar-refractivity contribution in [3.8, 4) is 22.8 Å². The number of nitrogens with zero attached hydrogens (tertiary/aromatic N) is 6. The van der Waals surface area contributed by atoms with Gasteiger partial charge >= 0.3 is 0 Å². The van der Waals surface area contributed by atoms with Gasteiger partial charge in [-0.15, -0.1) is 5.10 Å². The molecule has 168 valence electrons. The van der Waals surface area contributed by atoms with E-state index in [4.69, 9.17) is 33.7 Å². The Morgan fingerprint density at radius 1 is 1.21 bits per heavy atom. The number of anilines is 1. The number of nitrogens with one attached hydrogen (secondary N) is 1. The highest BCUT2D eigenvalue weighted by atomic mass is 35.5. The van der Waals surface area contributed by atoms with Crippen molar-refractivity contribution in [1.29, 1.82) is 0 Å². The molecule has 2 aromatic heterocycles. The van der Waals surface area contributed by atoms with Gasteiger partial charge in [0.15, 0.2) is 5.69 Å². The highest BCUT2D eigenvalue weighted by molar-refractivity contribution is 6.42. The summed E-state index contributed by atoms with van der Waals surface area (Å²) in [5.41, 5.74) is 9.76. The lowest BCUT2D eigenvalue weighted by molar-refractivity contribution is 0.0950. The molecular formula is C20H16Cl2N8O3. The van der Waals surface area contributed by atoms with E-state index in [0.717, 1.165) is 0 Å². The molecule has 1 amide bonds. The molecular weight excluding hydrogens is 471 g/mol. The monoisotopic (exact) mass is 486 g/mol. The molecule has 0 saturated heterocycles. The number of nitrogens with two attached hydrogens (primary N) is 1. The van der Waals surface area contributed by atoms with Crippen molar-refractivity contribution in [2.45, 2.75) is 6.92 Å². The highest BCUT2D eigenvalue weighted by Crippen LogP contribution is 2.28. The summed E-state index contributed by atoms with van der Waals surface area (Å²) in [6.07, 6.45) is 1.42. The lowest BCUT2D eigenvalue weighted by Crippen LogP contribution is -2.19. The largest absolute Gasteiger partial charge is 0.494 e. The van der Waals surface area contributed by atoms with Crippen molar-refractivity contribution in [2.75, 3.05) is 12.3 Å².